The van der Waals surface area contributed by atoms with Crippen LogP contribution in [0.25, 0.3) is 0 Å². The topological polar surface area (TPSA) is 108 Å². The number of hydrogen-bond acceptors (Lipinski definition) is 5. The Morgan fingerprint density at radius 2 is 1.92 bits per heavy atom. The Bertz CT molecular complexity index is 1280. The van der Waals surface area contributed by atoms with E-state index in [1.165, 1.54) is 0 Å². The van der Waals surface area contributed by atoms with Crippen LogP contribution in [0.1, 0.15) is 49.8 Å². The van der Waals surface area contributed by atoms with Gasteiger partial charge in [-0.15, -0.1) is 0 Å². The molecule has 2 aromatic rings. The maximum atomic E-state index is 13.6. The van der Waals surface area contributed by atoms with E-state index >= 15 is 0 Å². The molecule has 200 valence electrons. The summed E-state index contributed by atoms with van der Waals surface area (Å²) >= 11 is 6.02. The molecule has 9 nitrogen and oxygen atoms in total. The van der Waals surface area contributed by atoms with E-state index in [1.54, 1.807) is 35.2 Å². The fourth-order valence-corrected chi connectivity index (χ4v) is 5.50. The van der Waals surface area contributed by atoms with E-state index in [0.29, 0.717) is 41.7 Å². The molecule has 2 atom stereocenters. The highest BCUT2D eigenvalue weighted by molar-refractivity contribution is 6.30. The number of ether oxygens (including phenoxy) is 1. The van der Waals surface area contributed by atoms with Crippen LogP contribution in [0.3, 0.4) is 0 Å². The molecule has 1 spiro atoms. The van der Waals surface area contributed by atoms with Crippen molar-refractivity contribution in [3.8, 4) is 0 Å². The summed E-state index contributed by atoms with van der Waals surface area (Å²) in [5.74, 6) is -0.422. The van der Waals surface area contributed by atoms with Gasteiger partial charge in [0.2, 0.25) is 11.5 Å². The zero-order chi connectivity index (χ0) is 27.0. The number of nitrogens with zero attached hydrogens (tertiary/aromatic N) is 2. The van der Waals surface area contributed by atoms with Crippen LogP contribution in [0.5, 0.6) is 0 Å². The van der Waals surface area contributed by atoms with E-state index in [1.807, 2.05) is 26.0 Å². The average Bonchev–Trinajstić information content (AvgIpc) is 3.64. The summed E-state index contributed by atoms with van der Waals surface area (Å²) in [6.07, 6.45) is 2.07. The van der Waals surface area contributed by atoms with Crippen molar-refractivity contribution in [1.29, 1.82) is 0 Å². The van der Waals surface area contributed by atoms with Gasteiger partial charge in [-0.25, -0.2) is 14.5 Å². The van der Waals surface area contributed by atoms with Crippen LogP contribution in [-0.4, -0.2) is 52.9 Å². The number of urea groups is 1. The quantitative estimate of drug-likeness (QED) is 0.517. The lowest BCUT2D eigenvalue weighted by atomic mass is 9.94. The number of carbonyl (C=O) groups excluding carboxylic acids is 4. The highest BCUT2D eigenvalue weighted by atomic mass is 35.5. The second-order valence-corrected chi connectivity index (χ2v) is 10.6. The number of benzene rings is 2. The summed E-state index contributed by atoms with van der Waals surface area (Å²) in [5.41, 5.74) is 1.48. The molecular formula is C28H31ClN4O5. The average molecular weight is 539 g/mol. The summed E-state index contributed by atoms with van der Waals surface area (Å²) < 4.78 is 5.71. The van der Waals surface area contributed by atoms with Gasteiger partial charge in [0, 0.05) is 41.8 Å². The number of anilines is 1. The Hall–Kier alpha value is -3.59. The molecule has 3 aliphatic rings. The molecule has 5 rings (SSSR count). The van der Waals surface area contributed by atoms with Gasteiger partial charge in [-0.1, -0.05) is 29.8 Å². The third-order valence-electron chi connectivity index (χ3n) is 7.63. The van der Waals surface area contributed by atoms with E-state index in [0.717, 1.165) is 28.9 Å². The molecule has 2 aliphatic carbocycles. The monoisotopic (exact) mass is 538 g/mol. The minimum atomic E-state index is -1.44. The van der Waals surface area contributed by atoms with Gasteiger partial charge in [0.15, 0.2) is 0 Å². The predicted octanol–water partition coefficient (Wildman–Crippen LogP) is 4.43. The van der Waals surface area contributed by atoms with Crippen LogP contribution < -0.4 is 10.6 Å². The second-order valence-electron chi connectivity index (χ2n) is 10.2. The van der Waals surface area contributed by atoms with Gasteiger partial charge in [0.1, 0.15) is 6.54 Å². The smallest absolute Gasteiger partial charge is 0.418 e. The van der Waals surface area contributed by atoms with Crippen LogP contribution in [0.2, 0.25) is 5.02 Å². The highest BCUT2D eigenvalue weighted by Crippen LogP contribution is 2.46. The van der Waals surface area contributed by atoms with Gasteiger partial charge in [-0.2, -0.15) is 0 Å². The number of imide groups is 1. The van der Waals surface area contributed by atoms with Crippen molar-refractivity contribution in [2.45, 2.75) is 57.7 Å². The fourth-order valence-electron chi connectivity index (χ4n) is 5.37. The fraction of sp³-hybridized carbons (Fsp3) is 0.429. The number of aryl methyl sites for hydroxylation is 1. The van der Waals surface area contributed by atoms with Gasteiger partial charge in [0.05, 0.1) is 0 Å². The number of fused-ring (bicyclic) bond motifs is 2. The molecule has 1 aliphatic heterocycles. The molecule has 0 bridgehead atoms. The number of amides is 5. The Kier molecular flexibility index (Phi) is 7.05. The largest absolute Gasteiger partial charge is 0.427 e. The van der Waals surface area contributed by atoms with Gasteiger partial charge in [0.25, 0.3) is 5.91 Å². The lowest BCUT2D eigenvalue weighted by molar-refractivity contribution is -0.143. The molecule has 2 fully saturated rings. The van der Waals surface area contributed by atoms with Gasteiger partial charge in [-0.05, 0) is 74.4 Å². The number of nitrogens with one attached hydrogen (secondary N) is 2. The van der Waals surface area contributed by atoms with E-state index in [-0.39, 0.29) is 30.9 Å². The van der Waals surface area contributed by atoms with Gasteiger partial charge < -0.3 is 20.3 Å². The van der Waals surface area contributed by atoms with Crippen LogP contribution in [0.15, 0.2) is 42.5 Å². The van der Waals surface area contributed by atoms with Crippen molar-refractivity contribution in [2.75, 3.05) is 18.4 Å². The minimum absolute atomic E-state index is 0.0242. The van der Waals surface area contributed by atoms with Crippen molar-refractivity contribution in [1.82, 2.24) is 15.1 Å². The lowest BCUT2D eigenvalue weighted by Crippen LogP contribution is -2.47. The van der Waals surface area contributed by atoms with Crippen LogP contribution >= 0.6 is 11.6 Å². The van der Waals surface area contributed by atoms with E-state index in [9.17, 15) is 19.2 Å². The van der Waals surface area contributed by atoms with Crippen molar-refractivity contribution in [3.63, 3.8) is 0 Å². The summed E-state index contributed by atoms with van der Waals surface area (Å²) in [5, 5.41) is 6.04. The van der Waals surface area contributed by atoms with Crippen molar-refractivity contribution < 1.29 is 23.9 Å². The first-order chi connectivity index (χ1) is 18.2. The number of hydrogen-bond donors (Lipinski definition) is 2. The molecule has 10 heteroatoms. The van der Waals surface area contributed by atoms with Crippen molar-refractivity contribution in [2.24, 2.45) is 5.92 Å². The normalized spacial score (nSPS) is 20.8. The molecule has 2 N–H and O–H groups in total. The SMILES string of the molecule is CCNC(=O)Nc1ccc2c(c1)CC[C@@]21OC(=O)N(CC(=O)N(Cc2ccc(Cl)cc2)C(C)C2CC2)C1=O. The minimum Gasteiger partial charge on any atom is -0.427 e. The summed E-state index contributed by atoms with van der Waals surface area (Å²) in [7, 11) is 0. The number of halogens is 1. The van der Waals surface area contributed by atoms with Gasteiger partial charge in [-0.3, -0.25) is 9.59 Å². The molecule has 1 saturated carbocycles. The Balaban J connectivity index is 1.33. The molecule has 2 aromatic carbocycles. The maximum Gasteiger partial charge on any atom is 0.418 e. The van der Waals surface area contributed by atoms with Gasteiger partial charge >= 0.3 is 12.1 Å². The zero-order valence-corrected chi connectivity index (χ0v) is 22.2. The van der Waals surface area contributed by atoms with E-state index < -0.39 is 17.6 Å². The van der Waals surface area contributed by atoms with Crippen molar-refractivity contribution in [3.05, 3.63) is 64.2 Å². The van der Waals surface area contributed by atoms with Crippen LogP contribution in [0, 0.1) is 5.92 Å². The van der Waals surface area contributed by atoms with E-state index in [4.69, 9.17) is 16.3 Å². The summed E-state index contributed by atoms with van der Waals surface area (Å²) in [6, 6.07) is 12.1. The predicted molar refractivity (Wildman–Crippen MR) is 142 cm³/mol. The first-order valence-corrected chi connectivity index (χ1v) is 13.4. The summed E-state index contributed by atoms with van der Waals surface area (Å²) in [6.45, 7) is 4.31. The molecule has 1 heterocycles. The molecular weight excluding hydrogens is 508 g/mol. The first kappa shape index (κ1) is 26.0. The summed E-state index contributed by atoms with van der Waals surface area (Å²) in [4.78, 5) is 54.7. The number of carbonyl (C=O) groups is 4. The highest BCUT2D eigenvalue weighted by Gasteiger charge is 2.58. The number of rotatable bonds is 8. The zero-order valence-electron chi connectivity index (χ0n) is 21.5. The third kappa shape index (κ3) is 4.95. The molecule has 5 amide bonds. The second kappa shape index (κ2) is 10.3. The molecule has 1 saturated heterocycles. The molecule has 38 heavy (non-hydrogen) atoms. The molecule has 1 unspecified atom stereocenters. The van der Waals surface area contributed by atoms with E-state index in [2.05, 4.69) is 10.6 Å². The van der Waals surface area contributed by atoms with Crippen LogP contribution in [0.4, 0.5) is 15.3 Å². The maximum absolute atomic E-state index is 13.6. The van der Waals surface area contributed by atoms with Crippen LogP contribution in [-0.2, 0) is 32.9 Å². The standard InChI is InChI=1S/C28H31ClN4O5/c1-3-30-26(36)31-22-10-11-23-20(14-22)12-13-28(23)25(35)33(27(37)38-28)16-24(34)32(17(2)19-6-7-19)15-18-4-8-21(29)9-5-18/h4-5,8-11,14,17,19H,3,6-7,12-13,15-16H2,1-2H3,(H2,30,31,36)/t17?,28-/m1/s1. The Morgan fingerprint density at radius 3 is 2.61 bits per heavy atom. The lowest BCUT2D eigenvalue weighted by Gasteiger charge is -2.30. The van der Waals surface area contributed by atoms with Crippen molar-refractivity contribution >= 4 is 41.2 Å². The molecule has 0 radical (unpaired) electrons. The third-order valence-corrected chi connectivity index (χ3v) is 7.88. The Morgan fingerprint density at radius 1 is 1.18 bits per heavy atom. The first-order valence-electron chi connectivity index (χ1n) is 13.0. The molecule has 0 aromatic heterocycles. The Labute approximate surface area is 226 Å².